The van der Waals surface area contributed by atoms with Crippen molar-refractivity contribution < 1.29 is 10.0 Å². The second-order valence-corrected chi connectivity index (χ2v) is 6.30. The molecule has 7 nitrogen and oxygen atoms in total. The zero-order valence-electron chi connectivity index (χ0n) is 14.0. The summed E-state index contributed by atoms with van der Waals surface area (Å²) in [5.74, 6) is 0. The maximum atomic E-state index is 10.9. The summed E-state index contributed by atoms with van der Waals surface area (Å²) in [6.45, 7) is 5.01. The van der Waals surface area contributed by atoms with Gasteiger partial charge in [0.1, 0.15) is 0 Å². The van der Waals surface area contributed by atoms with Crippen LogP contribution in [0.25, 0.3) is 0 Å². The van der Waals surface area contributed by atoms with E-state index in [2.05, 4.69) is 14.8 Å². The number of nitro benzene ring substituents is 1. The van der Waals surface area contributed by atoms with Gasteiger partial charge in [0, 0.05) is 63.8 Å². The third-order valence-electron chi connectivity index (χ3n) is 4.52. The van der Waals surface area contributed by atoms with Gasteiger partial charge in [0.25, 0.3) is 5.69 Å². The third-order valence-corrected chi connectivity index (χ3v) is 4.52. The molecule has 25 heavy (non-hydrogen) atoms. The Hall–Kier alpha value is -2.35. The number of benzene rings is 1. The van der Waals surface area contributed by atoms with Gasteiger partial charge >= 0.3 is 0 Å². The van der Waals surface area contributed by atoms with Crippen LogP contribution in [-0.4, -0.2) is 57.5 Å². The summed E-state index contributed by atoms with van der Waals surface area (Å²) in [6.07, 6.45) is 2.90. The van der Waals surface area contributed by atoms with E-state index in [1.165, 1.54) is 17.7 Å². The fraction of sp³-hybridized carbons (Fsp3) is 0.389. The number of pyridine rings is 1. The molecule has 0 bridgehead atoms. The summed E-state index contributed by atoms with van der Waals surface area (Å²) in [5, 5.41) is 21.3. The van der Waals surface area contributed by atoms with Crippen molar-refractivity contribution in [1.82, 2.24) is 14.8 Å². The van der Waals surface area contributed by atoms with Crippen LogP contribution in [0.5, 0.6) is 0 Å². The molecule has 3 rings (SSSR count). The van der Waals surface area contributed by atoms with Crippen LogP contribution in [-0.2, 0) is 6.54 Å². The van der Waals surface area contributed by atoms with Gasteiger partial charge in [-0.05, 0) is 23.3 Å². The number of hydrogen-bond donors (Lipinski definition) is 1. The van der Waals surface area contributed by atoms with Crippen LogP contribution in [0.4, 0.5) is 5.69 Å². The molecule has 1 aliphatic rings. The first-order chi connectivity index (χ1) is 12.1. The Morgan fingerprint density at radius 2 is 1.80 bits per heavy atom. The van der Waals surface area contributed by atoms with Gasteiger partial charge in [-0.2, -0.15) is 0 Å². The van der Waals surface area contributed by atoms with Gasteiger partial charge in [0.2, 0.25) is 0 Å². The van der Waals surface area contributed by atoms with E-state index in [4.69, 9.17) is 0 Å². The van der Waals surface area contributed by atoms with E-state index in [0.717, 1.165) is 32.7 Å². The zero-order chi connectivity index (χ0) is 17.6. The highest BCUT2D eigenvalue weighted by Gasteiger charge is 2.21. The van der Waals surface area contributed by atoms with Gasteiger partial charge in [0.15, 0.2) is 0 Å². The number of rotatable bonds is 6. The van der Waals surface area contributed by atoms with Gasteiger partial charge < -0.3 is 5.11 Å². The molecule has 0 aliphatic carbocycles. The van der Waals surface area contributed by atoms with E-state index in [1.807, 2.05) is 12.1 Å². The van der Waals surface area contributed by atoms with E-state index in [9.17, 15) is 15.2 Å². The molecule has 7 heteroatoms. The first-order valence-corrected chi connectivity index (χ1v) is 8.38. The molecule has 0 spiro atoms. The summed E-state index contributed by atoms with van der Waals surface area (Å²) >= 11 is 0. The quantitative estimate of drug-likeness (QED) is 0.637. The van der Waals surface area contributed by atoms with Crippen LogP contribution in [0.3, 0.4) is 0 Å². The summed E-state index contributed by atoms with van der Waals surface area (Å²) in [6, 6.07) is 10.3. The lowest BCUT2D eigenvalue weighted by Gasteiger charge is -2.35. The fourth-order valence-corrected chi connectivity index (χ4v) is 3.07. The molecule has 1 fully saturated rings. The minimum atomic E-state index is -0.716. The molecular formula is C18H22N4O3. The molecule has 2 aromatic rings. The number of piperazine rings is 1. The molecule has 132 valence electrons. The topological polar surface area (TPSA) is 82.7 Å². The monoisotopic (exact) mass is 342 g/mol. The van der Waals surface area contributed by atoms with E-state index < -0.39 is 11.0 Å². The number of non-ortho nitro benzene ring substituents is 1. The molecular weight excluding hydrogens is 320 g/mol. The van der Waals surface area contributed by atoms with Gasteiger partial charge in [-0.25, -0.2) is 0 Å². The van der Waals surface area contributed by atoms with Crippen molar-refractivity contribution in [3.63, 3.8) is 0 Å². The minimum absolute atomic E-state index is 0.0127. The van der Waals surface area contributed by atoms with Crippen LogP contribution in [0, 0.1) is 10.1 Å². The van der Waals surface area contributed by atoms with Gasteiger partial charge in [-0.15, -0.1) is 0 Å². The molecule has 1 aromatic heterocycles. The van der Waals surface area contributed by atoms with E-state index in [0.29, 0.717) is 12.1 Å². The first-order valence-electron chi connectivity index (χ1n) is 8.38. The Kier molecular flexibility index (Phi) is 5.70. The average molecular weight is 342 g/mol. The molecule has 1 saturated heterocycles. The number of aliphatic hydroxyl groups excluding tert-OH is 1. The third kappa shape index (κ3) is 4.82. The lowest BCUT2D eigenvalue weighted by atomic mass is 10.1. The zero-order valence-corrected chi connectivity index (χ0v) is 14.0. The molecule has 1 unspecified atom stereocenters. The second kappa shape index (κ2) is 8.15. The highest BCUT2D eigenvalue weighted by Crippen LogP contribution is 2.20. The smallest absolute Gasteiger partial charge is 0.269 e. The highest BCUT2D eigenvalue weighted by atomic mass is 16.6. The lowest BCUT2D eigenvalue weighted by Crippen LogP contribution is -2.47. The van der Waals surface area contributed by atoms with Crippen molar-refractivity contribution in [2.45, 2.75) is 12.6 Å². The average Bonchev–Trinajstić information content (AvgIpc) is 2.64. The van der Waals surface area contributed by atoms with Crippen molar-refractivity contribution in [2.75, 3.05) is 32.7 Å². The number of β-amino-alcohol motifs (C(OH)–C–C–N with tert-alkyl or cyclic N) is 1. The number of aromatic nitrogens is 1. The summed E-state index contributed by atoms with van der Waals surface area (Å²) in [5.41, 5.74) is 1.85. The Morgan fingerprint density at radius 1 is 1.12 bits per heavy atom. The van der Waals surface area contributed by atoms with Crippen molar-refractivity contribution in [3.8, 4) is 0 Å². The lowest BCUT2D eigenvalue weighted by molar-refractivity contribution is -0.385. The van der Waals surface area contributed by atoms with Crippen LogP contribution >= 0.6 is 0 Å². The number of nitrogens with zero attached hydrogens (tertiary/aromatic N) is 4. The number of hydrogen-bond acceptors (Lipinski definition) is 6. The van der Waals surface area contributed by atoms with Crippen molar-refractivity contribution in [2.24, 2.45) is 0 Å². The van der Waals surface area contributed by atoms with Crippen LogP contribution in [0.15, 0.2) is 48.8 Å². The molecule has 0 amide bonds. The standard InChI is InChI=1S/C18H22N4O3/c23-18(16-2-1-3-17(12-16)22(24)25)14-21-10-8-20(9-11-21)13-15-4-6-19-7-5-15/h1-7,12,18,23H,8-11,13-14H2. The van der Waals surface area contributed by atoms with Crippen molar-refractivity contribution in [3.05, 3.63) is 70.0 Å². The molecule has 1 aromatic carbocycles. The molecule has 0 radical (unpaired) electrons. The second-order valence-electron chi connectivity index (χ2n) is 6.30. The highest BCUT2D eigenvalue weighted by molar-refractivity contribution is 5.35. The van der Waals surface area contributed by atoms with Gasteiger partial charge in [0.05, 0.1) is 11.0 Å². The Bertz CT molecular complexity index is 702. The molecule has 2 heterocycles. The summed E-state index contributed by atoms with van der Waals surface area (Å²) in [7, 11) is 0. The predicted molar refractivity (Wildman–Crippen MR) is 94.0 cm³/mol. The fourth-order valence-electron chi connectivity index (χ4n) is 3.07. The van der Waals surface area contributed by atoms with Crippen molar-refractivity contribution in [1.29, 1.82) is 0 Å². The Morgan fingerprint density at radius 3 is 2.48 bits per heavy atom. The van der Waals surface area contributed by atoms with Crippen LogP contribution < -0.4 is 0 Å². The maximum Gasteiger partial charge on any atom is 0.269 e. The number of aliphatic hydroxyl groups is 1. The normalized spacial score (nSPS) is 17.3. The van der Waals surface area contributed by atoms with E-state index in [-0.39, 0.29) is 5.69 Å². The SMILES string of the molecule is O=[N+]([O-])c1cccc(C(O)CN2CCN(Cc3ccncc3)CC2)c1. The number of nitro groups is 1. The maximum absolute atomic E-state index is 10.9. The molecule has 0 saturated carbocycles. The Balaban J connectivity index is 1.50. The van der Waals surface area contributed by atoms with Gasteiger partial charge in [-0.3, -0.25) is 24.9 Å². The van der Waals surface area contributed by atoms with Crippen LogP contribution in [0.2, 0.25) is 0 Å². The summed E-state index contributed by atoms with van der Waals surface area (Å²) < 4.78 is 0. The van der Waals surface area contributed by atoms with Gasteiger partial charge in [-0.1, -0.05) is 12.1 Å². The molecule has 1 aliphatic heterocycles. The molecule has 1 atom stereocenters. The first kappa shape index (κ1) is 17.5. The summed E-state index contributed by atoms with van der Waals surface area (Å²) in [4.78, 5) is 19.0. The van der Waals surface area contributed by atoms with E-state index in [1.54, 1.807) is 24.5 Å². The largest absolute Gasteiger partial charge is 0.387 e. The van der Waals surface area contributed by atoms with Crippen molar-refractivity contribution >= 4 is 5.69 Å². The Labute approximate surface area is 146 Å². The minimum Gasteiger partial charge on any atom is -0.387 e. The predicted octanol–water partition coefficient (Wildman–Crippen LogP) is 1.84. The van der Waals surface area contributed by atoms with E-state index >= 15 is 0 Å². The molecule has 1 N–H and O–H groups in total. The van der Waals surface area contributed by atoms with Crippen LogP contribution in [0.1, 0.15) is 17.2 Å².